The van der Waals surface area contributed by atoms with Crippen molar-refractivity contribution in [2.75, 3.05) is 0 Å². The highest BCUT2D eigenvalue weighted by Crippen LogP contribution is 2.62. The van der Waals surface area contributed by atoms with Crippen LogP contribution in [0.4, 0.5) is 0 Å². The normalized spacial score (nSPS) is 12.9. The second-order valence-corrected chi connectivity index (χ2v) is 15.4. The van der Waals surface area contributed by atoms with Crippen molar-refractivity contribution in [1.29, 1.82) is 0 Å². The Labute approximate surface area is 207 Å². The lowest BCUT2D eigenvalue weighted by molar-refractivity contribution is 0.699. The SMILES string of the molecule is CC(C)(C)P(Cc1c(C(P)(c2ncccn2)c2ncccn2)ccc2ccccc12)C(C)(C)C. The maximum Gasteiger partial charge on any atom is 0.150 e. The third-order valence-corrected chi connectivity index (χ3v) is 10.9. The summed E-state index contributed by atoms with van der Waals surface area (Å²) in [5.41, 5.74) is 2.48. The molecular formula is C28H34N4P2. The minimum absolute atomic E-state index is 0.192. The van der Waals surface area contributed by atoms with Crippen LogP contribution in [0.25, 0.3) is 10.8 Å². The Morgan fingerprint density at radius 1 is 0.676 bits per heavy atom. The lowest BCUT2D eigenvalue weighted by Crippen LogP contribution is -2.30. The van der Waals surface area contributed by atoms with Crippen LogP contribution in [0.1, 0.15) is 64.3 Å². The fourth-order valence-corrected chi connectivity index (χ4v) is 9.05. The van der Waals surface area contributed by atoms with Crippen molar-refractivity contribution in [3.05, 3.63) is 96.1 Å². The van der Waals surface area contributed by atoms with Crippen LogP contribution in [0.3, 0.4) is 0 Å². The summed E-state index contributed by atoms with van der Waals surface area (Å²) in [4.78, 5) is 18.8. The third kappa shape index (κ3) is 4.77. The zero-order valence-corrected chi connectivity index (χ0v) is 23.0. The average Bonchev–Trinajstić information content (AvgIpc) is 2.81. The van der Waals surface area contributed by atoms with Crippen LogP contribution in [0.2, 0.25) is 0 Å². The Hall–Kier alpha value is -2.28. The lowest BCUT2D eigenvalue weighted by Gasteiger charge is -2.43. The molecule has 4 aromatic rings. The van der Waals surface area contributed by atoms with E-state index in [9.17, 15) is 0 Å². The standard InChI is InChI=1S/C28H34N4P2/c1-26(2,3)34(27(4,5)6)19-22-21-12-8-7-11-20(21)13-14-23(22)28(33,24-29-15-9-16-30-24)25-31-17-10-18-32-25/h7-18H,19,33H2,1-6H3. The van der Waals surface area contributed by atoms with E-state index in [0.29, 0.717) is 11.6 Å². The van der Waals surface area contributed by atoms with Gasteiger partial charge in [0, 0.05) is 24.8 Å². The smallest absolute Gasteiger partial charge is 0.150 e. The molecule has 1 unspecified atom stereocenters. The highest BCUT2D eigenvalue weighted by molar-refractivity contribution is 7.60. The summed E-state index contributed by atoms with van der Waals surface area (Å²) in [6.07, 6.45) is 8.17. The van der Waals surface area contributed by atoms with Gasteiger partial charge in [0.2, 0.25) is 0 Å². The Balaban J connectivity index is 2.05. The predicted octanol–water partition coefficient (Wildman–Crippen LogP) is 7.17. The molecule has 0 saturated heterocycles. The molecule has 6 heteroatoms. The van der Waals surface area contributed by atoms with Crippen LogP contribution in [0.15, 0.2) is 73.3 Å². The Bertz CT molecular complexity index is 1210. The van der Waals surface area contributed by atoms with E-state index in [0.717, 1.165) is 11.7 Å². The second kappa shape index (κ2) is 9.40. The van der Waals surface area contributed by atoms with Crippen molar-refractivity contribution in [3.63, 3.8) is 0 Å². The van der Waals surface area contributed by atoms with Crippen molar-refractivity contribution in [1.82, 2.24) is 19.9 Å². The topological polar surface area (TPSA) is 51.6 Å². The van der Waals surface area contributed by atoms with Gasteiger partial charge in [-0.15, -0.1) is 9.24 Å². The molecule has 0 amide bonds. The summed E-state index contributed by atoms with van der Waals surface area (Å²) >= 11 is 0. The van der Waals surface area contributed by atoms with Crippen molar-refractivity contribution >= 4 is 27.9 Å². The molecule has 2 heterocycles. The van der Waals surface area contributed by atoms with Crippen LogP contribution in [0.5, 0.6) is 0 Å². The number of benzene rings is 2. The molecule has 2 aromatic carbocycles. The summed E-state index contributed by atoms with van der Waals surface area (Å²) < 4.78 is 0. The molecule has 2 aromatic heterocycles. The van der Waals surface area contributed by atoms with Crippen molar-refractivity contribution in [3.8, 4) is 0 Å². The van der Waals surface area contributed by atoms with Gasteiger partial charge in [0.1, 0.15) is 16.8 Å². The number of rotatable bonds is 5. The maximum absolute atomic E-state index is 4.69. The van der Waals surface area contributed by atoms with Gasteiger partial charge < -0.3 is 0 Å². The van der Waals surface area contributed by atoms with E-state index in [4.69, 9.17) is 19.9 Å². The van der Waals surface area contributed by atoms with Crippen molar-refractivity contribution in [2.45, 2.75) is 63.2 Å². The molecule has 0 N–H and O–H groups in total. The van der Waals surface area contributed by atoms with E-state index in [1.807, 2.05) is 12.1 Å². The minimum atomic E-state index is -0.765. The number of aromatic nitrogens is 4. The fraction of sp³-hybridized carbons (Fsp3) is 0.357. The molecule has 4 rings (SSSR count). The lowest BCUT2D eigenvalue weighted by atomic mass is 9.88. The van der Waals surface area contributed by atoms with Crippen LogP contribution in [0, 0.1) is 0 Å². The summed E-state index contributed by atoms with van der Waals surface area (Å²) in [5.74, 6) is 1.36. The molecule has 0 aliphatic heterocycles. The molecule has 0 aliphatic carbocycles. The molecule has 0 bridgehead atoms. The minimum Gasteiger partial charge on any atom is -0.240 e. The molecule has 0 radical (unpaired) electrons. The maximum atomic E-state index is 4.69. The third-order valence-electron chi connectivity index (χ3n) is 6.24. The van der Waals surface area contributed by atoms with Crippen LogP contribution >= 0.6 is 17.2 Å². The van der Waals surface area contributed by atoms with Gasteiger partial charge in [-0.1, -0.05) is 85.9 Å². The number of hydrogen-bond donors (Lipinski definition) is 0. The highest BCUT2D eigenvalue weighted by Gasteiger charge is 2.41. The highest BCUT2D eigenvalue weighted by atomic mass is 31.1. The van der Waals surface area contributed by atoms with E-state index in [1.54, 1.807) is 24.8 Å². The summed E-state index contributed by atoms with van der Waals surface area (Å²) in [7, 11) is 2.64. The molecule has 34 heavy (non-hydrogen) atoms. The van der Waals surface area contributed by atoms with Crippen molar-refractivity contribution in [2.24, 2.45) is 0 Å². The fourth-order valence-electron chi connectivity index (χ4n) is 4.86. The van der Waals surface area contributed by atoms with Crippen LogP contribution in [-0.2, 0) is 11.3 Å². The molecule has 0 fully saturated rings. The van der Waals surface area contributed by atoms with Gasteiger partial charge in [-0.05, 0) is 50.5 Å². The van der Waals surface area contributed by atoms with Gasteiger partial charge in [-0.2, -0.15) is 0 Å². The van der Waals surface area contributed by atoms with Gasteiger partial charge in [0.25, 0.3) is 0 Å². The number of nitrogens with zero attached hydrogens (tertiary/aromatic N) is 4. The number of fused-ring (bicyclic) bond motifs is 1. The first-order valence-electron chi connectivity index (χ1n) is 11.7. The number of hydrogen-bond acceptors (Lipinski definition) is 4. The molecule has 1 atom stereocenters. The largest absolute Gasteiger partial charge is 0.240 e. The van der Waals surface area contributed by atoms with Crippen LogP contribution in [-0.4, -0.2) is 30.2 Å². The molecule has 0 spiro atoms. The van der Waals surface area contributed by atoms with Crippen LogP contribution < -0.4 is 0 Å². The predicted molar refractivity (Wildman–Crippen MR) is 148 cm³/mol. The van der Waals surface area contributed by atoms with E-state index >= 15 is 0 Å². The quantitative estimate of drug-likeness (QED) is 0.280. The molecular weight excluding hydrogens is 454 g/mol. The summed E-state index contributed by atoms with van der Waals surface area (Å²) in [6.45, 7) is 14.3. The Kier molecular flexibility index (Phi) is 6.87. The van der Waals surface area contributed by atoms with Gasteiger partial charge in [0.05, 0.1) is 0 Å². The van der Waals surface area contributed by atoms with Crippen molar-refractivity contribution < 1.29 is 0 Å². The van der Waals surface area contributed by atoms with Gasteiger partial charge in [0.15, 0.2) is 0 Å². The molecule has 0 aliphatic rings. The first-order chi connectivity index (χ1) is 16.0. The summed E-state index contributed by atoms with van der Waals surface area (Å²) in [6, 6.07) is 16.8. The van der Waals surface area contributed by atoms with E-state index in [2.05, 4.69) is 87.2 Å². The zero-order valence-electron chi connectivity index (χ0n) is 20.9. The van der Waals surface area contributed by atoms with Gasteiger partial charge in [-0.3, -0.25) is 0 Å². The monoisotopic (exact) mass is 488 g/mol. The first kappa shape index (κ1) is 24.8. The second-order valence-electron chi connectivity index (χ2n) is 10.7. The Morgan fingerprint density at radius 3 is 1.68 bits per heavy atom. The molecule has 4 nitrogen and oxygen atoms in total. The molecule has 0 saturated carbocycles. The Morgan fingerprint density at radius 2 is 1.18 bits per heavy atom. The average molecular weight is 489 g/mol. The van der Waals surface area contributed by atoms with Gasteiger partial charge >= 0.3 is 0 Å². The zero-order chi connectivity index (χ0) is 24.6. The van der Waals surface area contributed by atoms with Gasteiger partial charge in [-0.25, -0.2) is 19.9 Å². The van der Waals surface area contributed by atoms with E-state index in [1.165, 1.54) is 16.3 Å². The molecule has 176 valence electrons. The van der Waals surface area contributed by atoms with E-state index in [-0.39, 0.29) is 18.2 Å². The summed E-state index contributed by atoms with van der Waals surface area (Å²) in [5, 5.41) is 2.14. The first-order valence-corrected chi connectivity index (χ1v) is 13.8. The van der Waals surface area contributed by atoms with E-state index < -0.39 is 5.16 Å².